The van der Waals surface area contributed by atoms with Crippen molar-refractivity contribution >= 4 is 28.4 Å². The Morgan fingerprint density at radius 3 is 2.52 bits per heavy atom. The quantitative estimate of drug-likeness (QED) is 0.495. The zero-order valence-electron chi connectivity index (χ0n) is 17.1. The van der Waals surface area contributed by atoms with Crippen LogP contribution in [-0.2, 0) is 19.9 Å². The van der Waals surface area contributed by atoms with E-state index in [1.165, 1.54) is 5.56 Å². The molecule has 7 nitrogen and oxygen atoms in total. The second kappa shape index (κ2) is 8.02. The number of urea groups is 1. The highest BCUT2D eigenvalue weighted by Gasteiger charge is 2.14. The van der Waals surface area contributed by atoms with E-state index in [4.69, 9.17) is 14.5 Å². The van der Waals surface area contributed by atoms with Gasteiger partial charge in [0, 0.05) is 30.9 Å². The van der Waals surface area contributed by atoms with Crippen molar-refractivity contribution in [1.29, 1.82) is 0 Å². The van der Waals surface area contributed by atoms with E-state index in [0.717, 1.165) is 35.4 Å². The van der Waals surface area contributed by atoms with Gasteiger partial charge in [-0.15, -0.1) is 0 Å². The molecule has 31 heavy (non-hydrogen) atoms. The monoisotopic (exact) mass is 414 g/mol. The lowest BCUT2D eigenvalue weighted by molar-refractivity contribution is 0.174. The maximum absolute atomic E-state index is 12.3. The number of hydrogen-bond acceptors (Lipinski definition) is 4. The fraction of sp³-hybridized carbons (Fsp3) is 0.167. The molecule has 2 heterocycles. The molecule has 0 atom stereocenters. The molecule has 0 unspecified atom stereocenters. The molecule has 0 aliphatic carbocycles. The molecule has 0 saturated carbocycles. The number of carbonyl (C=O) groups is 1. The van der Waals surface area contributed by atoms with E-state index < -0.39 is 0 Å². The van der Waals surface area contributed by atoms with E-state index in [9.17, 15) is 4.79 Å². The van der Waals surface area contributed by atoms with E-state index in [1.807, 2.05) is 42.5 Å². The van der Waals surface area contributed by atoms with Gasteiger partial charge < -0.3 is 24.7 Å². The Balaban J connectivity index is 1.18. The second-order valence-electron chi connectivity index (χ2n) is 7.42. The molecule has 7 heteroatoms. The molecular weight excluding hydrogens is 392 g/mol. The third-order valence-electron chi connectivity index (χ3n) is 5.36. The Labute approximate surface area is 179 Å². The second-order valence-corrected chi connectivity index (χ2v) is 7.42. The summed E-state index contributed by atoms with van der Waals surface area (Å²) < 4.78 is 12.8. The van der Waals surface area contributed by atoms with E-state index in [1.54, 1.807) is 18.2 Å². The molecule has 0 fully saturated rings. The first kappa shape index (κ1) is 19.0. The predicted molar refractivity (Wildman–Crippen MR) is 120 cm³/mol. The maximum atomic E-state index is 12.3. The highest BCUT2D eigenvalue weighted by atomic mass is 16.7. The van der Waals surface area contributed by atoms with Crippen LogP contribution in [0.5, 0.6) is 11.5 Å². The van der Waals surface area contributed by atoms with Gasteiger partial charge >= 0.3 is 6.03 Å². The summed E-state index contributed by atoms with van der Waals surface area (Å²) in [7, 11) is 2.05. The van der Waals surface area contributed by atoms with Gasteiger partial charge in [0.15, 0.2) is 11.5 Å². The van der Waals surface area contributed by atoms with Crippen molar-refractivity contribution in [1.82, 2.24) is 9.55 Å². The highest BCUT2D eigenvalue weighted by molar-refractivity contribution is 5.99. The highest BCUT2D eigenvalue weighted by Crippen LogP contribution is 2.34. The van der Waals surface area contributed by atoms with Gasteiger partial charge in [-0.25, -0.2) is 9.78 Å². The lowest BCUT2D eigenvalue weighted by Gasteiger charge is -2.09. The Bertz CT molecular complexity index is 1250. The Hall–Kier alpha value is -4.00. The smallest absolute Gasteiger partial charge is 0.323 e. The van der Waals surface area contributed by atoms with E-state index in [-0.39, 0.29) is 12.8 Å². The summed E-state index contributed by atoms with van der Waals surface area (Å²) in [5.41, 5.74) is 4.72. The average Bonchev–Trinajstić information content (AvgIpc) is 3.37. The van der Waals surface area contributed by atoms with Crippen molar-refractivity contribution in [2.45, 2.75) is 12.8 Å². The van der Waals surface area contributed by atoms with Crippen molar-refractivity contribution < 1.29 is 14.3 Å². The molecule has 0 bridgehead atoms. The van der Waals surface area contributed by atoms with Gasteiger partial charge in [0.2, 0.25) is 6.79 Å². The molecular formula is C24H22N4O3. The zero-order chi connectivity index (χ0) is 21.2. The normalized spacial score (nSPS) is 12.2. The summed E-state index contributed by atoms with van der Waals surface area (Å²) in [6.07, 6.45) is 1.73. The van der Waals surface area contributed by atoms with Crippen LogP contribution < -0.4 is 20.1 Å². The molecule has 5 rings (SSSR count). The number of nitrogens with zero attached hydrogens (tertiary/aromatic N) is 2. The average molecular weight is 414 g/mol. The summed E-state index contributed by atoms with van der Waals surface area (Å²) in [6.45, 7) is 0.202. The van der Waals surface area contributed by atoms with Gasteiger partial charge in [0.1, 0.15) is 5.82 Å². The van der Waals surface area contributed by atoms with Gasteiger partial charge in [0.05, 0.1) is 11.0 Å². The molecule has 156 valence electrons. The minimum Gasteiger partial charge on any atom is -0.454 e. The van der Waals surface area contributed by atoms with Crippen LogP contribution in [0, 0.1) is 0 Å². The number of benzene rings is 3. The number of carbonyl (C=O) groups excluding carboxylic acids is 1. The van der Waals surface area contributed by atoms with Crippen molar-refractivity contribution in [2.24, 2.45) is 7.05 Å². The standard InChI is InChI=1S/C24H22N4O3/c1-28-20-5-3-2-4-19(20)27-23(28)13-8-16-6-9-17(10-7-16)25-24(29)26-18-11-12-21-22(14-18)31-15-30-21/h2-7,9-12,14H,8,13,15H2,1H3,(H2,25,26,29). The fourth-order valence-corrected chi connectivity index (χ4v) is 3.70. The van der Waals surface area contributed by atoms with Crippen molar-refractivity contribution in [2.75, 3.05) is 17.4 Å². The first-order valence-electron chi connectivity index (χ1n) is 10.1. The molecule has 0 radical (unpaired) electrons. The Kier molecular flexibility index (Phi) is 4.92. The van der Waals surface area contributed by atoms with E-state index in [0.29, 0.717) is 17.2 Å². The third-order valence-corrected chi connectivity index (χ3v) is 5.36. The number of fused-ring (bicyclic) bond motifs is 2. The Morgan fingerprint density at radius 2 is 1.68 bits per heavy atom. The number of hydrogen-bond donors (Lipinski definition) is 2. The topological polar surface area (TPSA) is 77.4 Å². The lowest BCUT2D eigenvalue weighted by atomic mass is 10.1. The van der Waals surface area contributed by atoms with Gasteiger partial charge in [-0.2, -0.15) is 0 Å². The van der Waals surface area contributed by atoms with E-state index >= 15 is 0 Å². The molecule has 2 amide bonds. The molecule has 1 aliphatic heterocycles. The van der Waals surface area contributed by atoms with Crippen LogP contribution in [0.2, 0.25) is 0 Å². The summed E-state index contributed by atoms with van der Waals surface area (Å²) in [5, 5.41) is 5.65. The first-order chi connectivity index (χ1) is 15.2. The molecule has 1 aromatic heterocycles. The van der Waals surface area contributed by atoms with Crippen LogP contribution in [0.4, 0.5) is 16.2 Å². The third kappa shape index (κ3) is 4.02. The molecule has 0 spiro atoms. The Morgan fingerprint density at radius 1 is 0.935 bits per heavy atom. The van der Waals surface area contributed by atoms with Crippen LogP contribution in [-0.4, -0.2) is 22.4 Å². The number of imidazole rings is 1. The number of anilines is 2. The summed E-state index contributed by atoms with van der Waals surface area (Å²) in [5.74, 6) is 2.37. The first-order valence-corrected chi connectivity index (χ1v) is 10.1. The molecule has 4 aromatic rings. The van der Waals surface area contributed by atoms with Crippen molar-refractivity contribution in [3.05, 3.63) is 78.1 Å². The molecule has 0 saturated heterocycles. The molecule has 2 N–H and O–H groups in total. The van der Waals surface area contributed by atoms with Gasteiger partial charge in [-0.05, 0) is 48.4 Å². The molecule has 3 aromatic carbocycles. The number of ether oxygens (including phenoxy) is 2. The van der Waals surface area contributed by atoms with Crippen LogP contribution in [0.1, 0.15) is 11.4 Å². The lowest BCUT2D eigenvalue weighted by Crippen LogP contribution is -2.19. The maximum Gasteiger partial charge on any atom is 0.323 e. The number of amides is 2. The van der Waals surface area contributed by atoms with Crippen molar-refractivity contribution in [3.8, 4) is 11.5 Å². The van der Waals surface area contributed by atoms with Crippen LogP contribution in [0.3, 0.4) is 0 Å². The fourth-order valence-electron chi connectivity index (χ4n) is 3.70. The number of para-hydroxylation sites is 2. The van der Waals surface area contributed by atoms with Crippen LogP contribution in [0.25, 0.3) is 11.0 Å². The minimum atomic E-state index is -0.314. The SMILES string of the molecule is Cn1c(CCc2ccc(NC(=O)Nc3ccc4c(c3)OCO4)cc2)nc2ccccc21. The van der Waals surface area contributed by atoms with E-state index in [2.05, 4.69) is 28.3 Å². The van der Waals surface area contributed by atoms with Crippen LogP contribution in [0.15, 0.2) is 66.7 Å². The summed E-state index contributed by atoms with van der Waals surface area (Å²) in [4.78, 5) is 17.0. The van der Waals surface area contributed by atoms with Gasteiger partial charge in [0.25, 0.3) is 0 Å². The largest absolute Gasteiger partial charge is 0.454 e. The number of aromatic nitrogens is 2. The molecule has 1 aliphatic rings. The van der Waals surface area contributed by atoms with Gasteiger partial charge in [-0.3, -0.25) is 0 Å². The van der Waals surface area contributed by atoms with Crippen LogP contribution >= 0.6 is 0 Å². The van der Waals surface area contributed by atoms with Gasteiger partial charge in [-0.1, -0.05) is 24.3 Å². The van der Waals surface area contributed by atoms with Crippen molar-refractivity contribution in [3.63, 3.8) is 0 Å². The number of nitrogens with one attached hydrogen (secondary N) is 2. The zero-order valence-corrected chi connectivity index (χ0v) is 17.1. The summed E-state index contributed by atoms with van der Waals surface area (Å²) >= 11 is 0. The number of rotatable bonds is 5. The summed E-state index contributed by atoms with van der Waals surface area (Å²) in [6, 6.07) is 21.0. The number of aryl methyl sites for hydroxylation is 3. The predicted octanol–water partition coefficient (Wildman–Crippen LogP) is 4.73. The minimum absolute atomic E-state index is 0.202.